The number of rotatable bonds is 18. The van der Waals surface area contributed by atoms with Crippen molar-refractivity contribution in [3.63, 3.8) is 0 Å². The van der Waals surface area contributed by atoms with Crippen LogP contribution in [0.15, 0.2) is 48.5 Å². The van der Waals surface area contributed by atoms with E-state index in [2.05, 4.69) is 31.2 Å². The molecule has 0 aliphatic rings. The monoisotopic (exact) mass is 537 g/mol. The Morgan fingerprint density at radius 2 is 1.26 bits per heavy atom. The highest BCUT2D eigenvalue weighted by molar-refractivity contribution is 6.41. The van der Waals surface area contributed by atoms with Crippen LogP contribution in [0.5, 0.6) is 0 Å². The van der Waals surface area contributed by atoms with Crippen LogP contribution in [0.2, 0.25) is 5.02 Å². The lowest BCUT2D eigenvalue weighted by molar-refractivity contribution is -0.133. The van der Waals surface area contributed by atoms with E-state index in [0.717, 1.165) is 64.4 Å². The molecule has 3 rings (SSSR count). The van der Waals surface area contributed by atoms with Gasteiger partial charge in [-0.25, -0.2) is 0 Å². The first-order valence-electron chi connectivity index (χ1n) is 14.9. The maximum absolute atomic E-state index is 13.6. The van der Waals surface area contributed by atoms with Crippen molar-refractivity contribution in [3.05, 3.63) is 59.1 Å². The average molecular weight is 538 g/mol. The maximum atomic E-state index is 13.6. The summed E-state index contributed by atoms with van der Waals surface area (Å²) in [6, 6.07) is 16.0. The molecule has 0 saturated heterocycles. The molecule has 3 aromatic carbocycles. The highest BCUT2D eigenvalue weighted by atomic mass is 35.5. The molecular weight excluding hydrogens is 490 g/mol. The SMILES string of the molecule is CCCCCCCCCCCCN(Cc1c2ccccc2c(Cl)c2ccccc12)C(=O)[C@@H](N)CCCCN. The summed E-state index contributed by atoms with van der Waals surface area (Å²) in [7, 11) is 0. The number of halogens is 1. The van der Waals surface area contributed by atoms with Crippen molar-refractivity contribution < 1.29 is 4.79 Å². The molecule has 0 fully saturated rings. The van der Waals surface area contributed by atoms with Gasteiger partial charge in [-0.3, -0.25) is 4.79 Å². The van der Waals surface area contributed by atoms with Gasteiger partial charge in [0.15, 0.2) is 0 Å². The van der Waals surface area contributed by atoms with Crippen molar-refractivity contribution in [1.82, 2.24) is 4.90 Å². The van der Waals surface area contributed by atoms with E-state index in [1.165, 1.54) is 51.4 Å². The third kappa shape index (κ3) is 8.69. The summed E-state index contributed by atoms with van der Waals surface area (Å²) in [6.45, 7) is 4.16. The first-order chi connectivity index (χ1) is 18.6. The molecule has 1 atom stereocenters. The lowest BCUT2D eigenvalue weighted by atomic mass is 9.95. The average Bonchev–Trinajstić information content (AvgIpc) is 2.94. The Labute approximate surface area is 235 Å². The standard InChI is InChI=1S/C33H48ClN3O/c1-2-3-4-5-6-7-8-9-10-17-24-37(33(38)31(36)22-15-16-23-35)25-30-26-18-11-13-20-28(26)32(34)29-21-14-12-19-27(29)30/h11-14,18-21,31H,2-10,15-17,22-25,35-36H2,1H3/t31-/m0/s1. The molecular formula is C33H48ClN3O. The molecule has 4 nitrogen and oxygen atoms in total. The summed E-state index contributed by atoms with van der Waals surface area (Å²) in [5, 5.41) is 5.04. The predicted molar refractivity (Wildman–Crippen MR) is 165 cm³/mol. The molecule has 0 aliphatic heterocycles. The smallest absolute Gasteiger partial charge is 0.239 e. The molecule has 0 unspecified atom stereocenters. The van der Waals surface area contributed by atoms with Crippen molar-refractivity contribution in [2.24, 2.45) is 11.5 Å². The lowest BCUT2D eigenvalue weighted by Gasteiger charge is -2.27. The first kappa shape index (κ1) is 30.4. The Kier molecular flexibility index (Phi) is 13.4. The molecule has 0 bridgehead atoms. The topological polar surface area (TPSA) is 72.3 Å². The third-order valence-corrected chi connectivity index (χ3v) is 8.11. The number of hydrogen-bond acceptors (Lipinski definition) is 3. The van der Waals surface area contributed by atoms with E-state index in [0.29, 0.717) is 19.5 Å². The summed E-state index contributed by atoms with van der Waals surface area (Å²) < 4.78 is 0. The van der Waals surface area contributed by atoms with Gasteiger partial charge < -0.3 is 16.4 Å². The van der Waals surface area contributed by atoms with Gasteiger partial charge in [-0.1, -0.05) is 131 Å². The third-order valence-electron chi connectivity index (χ3n) is 7.71. The normalized spacial score (nSPS) is 12.3. The molecule has 208 valence electrons. The van der Waals surface area contributed by atoms with Gasteiger partial charge in [0.05, 0.1) is 11.1 Å². The van der Waals surface area contributed by atoms with Crippen LogP contribution in [0.25, 0.3) is 21.5 Å². The Morgan fingerprint density at radius 3 is 1.79 bits per heavy atom. The van der Waals surface area contributed by atoms with Gasteiger partial charge in [-0.2, -0.15) is 0 Å². The number of unbranched alkanes of at least 4 members (excludes halogenated alkanes) is 10. The van der Waals surface area contributed by atoms with Gasteiger partial charge in [-0.05, 0) is 42.1 Å². The van der Waals surface area contributed by atoms with Crippen LogP contribution in [0, 0.1) is 0 Å². The molecule has 3 aromatic rings. The van der Waals surface area contributed by atoms with Crippen molar-refractivity contribution in [3.8, 4) is 0 Å². The van der Waals surface area contributed by atoms with Crippen LogP contribution in [-0.2, 0) is 11.3 Å². The Morgan fingerprint density at radius 1 is 0.763 bits per heavy atom. The minimum Gasteiger partial charge on any atom is -0.337 e. The van der Waals surface area contributed by atoms with E-state index in [9.17, 15) is 4.79 Å². The zero-order valence-electron chi connectivity index (χ0n) is 23.4. The van der Waals surface area contributed by atoms with Gasteiger partial charge in [-0.15, -0.1) is 0 Å². The fourth-order valence-corrected chi connectivity index (χ4v) is 5.78. The van der Waals surface area contributed by atoms with Crippen LogP contribution >= 0.6 is 11.6 Å². The molecule has 0 aromatic heterocycles. The maximum Gasteiger partial charge on any atom is 0.239 e. The molecule has 5 heteroatoms. The molecule has 38 heavy (non-hydrogen) atoms. The van der Waals surface area contributed by atoms with E-state index < -0.39 is 6.04 Å². The van der Waals surface area contributed by atoms with E-state index in [4.69, 9.17) is 23.1 Å². The Bertz CT molecular complexity index is 1070. The zero-order chi connectivity index (χ0) is 27.2. The van der Waals surface area contributed by atoms with E-state index in [1.54, 1.807) is 0 Å². The number of hydrogen-bond donors (Lipinski definition) is 2. The molecule has 0 spiro atoms. The van der Waals surface area contributed by atoms with Crippen LogP contribution < -0.4 is 11.5 Å². The number of fused-ring (bicyclic) bond motifs is 2. The summed E-state index contributed by atoms with van der Waals surface area (Å²) in [5.74, 6) is 0.0426. The summed E-state index contributed by atoms with van der Waals surface area (Å²) in [6.07, 6.45) is 15.2. The number of carbonyl (C=O) groups excluding carboxylic acids is 1. The second-order valence-electron chi connectivity index (χ2n) is 10.7. The minimum absolute atomic E-state index is 0.0426. The number of nitrogens with two attached hydrogens (primary N) is 2. The predicted octanol–water partition coefficient (Wildman–Crippen LogP) is 8.35. The quantitative estimate of drug-likeness (QED) is 0.126. The van der Waals surface area contributed by atoms with Crippen molar-refractivity contribution in [2.45, 2.75) is 103 Å². The molecule has 0 radical (unpaired) electrons. The summed E-state index contributed by atoms with van der Waals surface area (Å²) in [5.41, 5.74) is 13.2. The van der Waals surface area contributed by atoms with Gasteiger partial charge in [0.25, 0.3) is 0 Å². The molecule has 1 amide bonds. The fraction of sp³-hybridized carbons (Fsp3) is 0.545. The van der Waals surface area contributed by atoms with Crippen LogP contribution in [0.1, 0.15) is 96.0 Å². The fourth-order valence-electron chi connectivity index (χ4n) is 5.45. The van der Waals surface area contributed by atoms with Crippen LogP contribution in [-0.4, -0.2) is 29.9 Å². The minimum atomic E-state index is -0.491. The van der Waals surface area contributed by atoms with Gasteiger partial charge in [0.2, 0.25) is 5.91 Å². The zero-order valence-corrected chi connectivity index (χ0v) is 24.2. The number of carbonyl (C=O) groups is 1. The van der Waals surface area contributed by atoms with Gasteiger partial charge in [0, 0.05) is 23.9 Å². The van der Waals surface area contributed by atoms with Crippen LogP contribution in [0.4, 0.5) is 0 Å². The molecule has 0 aliphatic carbocycles. The number of amides is 1. The van der Waals surface area contributed by atoms with Crippen LogP contribution in [0.3, 0.4) is 0 Å². The van der Waals surface area contributed by atoms with Crippen molar-refractivity contribution >= 4 is 39.1 Å². The van der Waals surface area contributed by atoms with Crippen molar-refractivity contribution in [1.29, 1.82) is 0 Å². The molecule has 0 saturated carbocycles. The molecule has 4 N–H and O–H groups in total. The summed E-state index contributed by atoms with van der Waals surface area (Å²) in [4.78, 5) is 15.6. The lowest BCUT2D eigenvalue weighted by Crippen LogP contribution is -2.44. The van der Waals surface area contributed by atoms with E-state index in [1.807, 2.05) is 29.2 Å². The Hall–Kier alpha value is -2.14. The number of nitrogens with zero attached hydrogens (tertiary/aromatic N) is 1. The summed E-state index contributed by atoms with van der Waals surface area (Å²) >= 11 is 6.84. The Balaban J connectivity index is 1.73. The van der Waals surface area contributed by atoms with Gasteiger partial charge >= 0.3 is 0 Å². The highest BCUT2D eigenvalue weighted by Gasteiger charge is 2.23. The van der Waals surface area contributed by atoms with Crippen molar-refractivity contribution in [2.75, 3.05) is 13.1 Å². The van der Waals surface area contributed by atoms with Gasteiger partial charge in [0.1, 0.15) is 0 Å². The second-order valence-corrected chi connectivity index (χ2v) is 11.1. The largest absolute Gasteiger partial charge is 0.337 e. The highest BCUT2D eigenvalue weighted by Crippen LogP contribution is 2.36. The first-order valence-corrected chi connectivity index (χ1v) is 15.3. The van der Waals surface area contributed by atoms with E-state index in [-0.39, 0.29) is 5.91 Å². The molecule has 0 heterocycles. The van der Waals surface area contributed by atoms with E-state index >= 15 is 0 Å². The second kappa shape index (κ2) is 16.7. The number of benzene rings is 3.